The Morgan fingerprint density at radius 3 is 2.17 bits per heavy atom. The van der Waals surface area contributed by atoms with E-state index in [4.69, 9.17) is 15.9 Å². The van der Waals surface area contributed by atoms with Crippen LogP contribution >= 0.6 is 0 Å². The third-order valence-electron chi connectivity index (χ3n) is 5.03. The highest BCUT2D eigenvalue weighted by Crippen LogP contribution is 2.36. The van der Waals surface area contributed by atoms with Crippen LogP contribution in [0.25, 0.3) is 0 Å². The van der Waals surface area contributed by atoms with Gasteiger partial charge in [-0.25, -0.2) is 0 Å². The second kappa shape index (κ2) is 7.81. The Hall–Kier alpha value is -1.56. The number of terminal acetylenes is 1. The van der Waals surface area contributed by atoms with Crippen molar-refractivity contribution in [1.29, 1.82) is 0 Å². The summed E-state index contributed by atoms with van der Waals surface area (Å²) in [5.41, 5.74) is 2.54. The molecule has 2 heteroatoms. The van der Waals surface area contributed by atoms with E-state index in [1.165, 1.54) is 18.4 Å². The first-order valence-electron chi connectivity index (χ1n) is 8.72. The molecule has 0 amide bonds. The van der Waals surface area contributed by atoms with Gasteiger partial charge in [0.1, 0.15) is 0 Å². The van der Waals surface area contributed by atoms with Gasteiger partial charge in [-0.15, -0.1) is 12.3 Å². The van der Waals surface area contributed by atoms with Gasteiger partial charge in [-0.3, -0.25) is 0 Å². The Morgan fingerprint density at radius 2 is 1.61 bits per heavy atom. The van der Waals surface area contributed by atoms with E-state index < -0.39 is 0 Å². The molecule has 1 aliphatic heterocycles. The van der Waals surface area contributed by atoms with Crippen molar-refractivity contribution in [2.24, 2.45) is 11.8 Å². The van der Waals surface area contributed by atoms with E-state index in [0.29, 0.717) is 17.8 Å². The molecule has 2 nitrogen and oxygen atoms in total. The SMILES string of the molecule is C#CC1CCC(c2ccc(C3OCC(C=CC)CO3)cc2)CC1. The number of hydrogen-bond acceptors (Lipinski definition) is 2. The third kappa shape index (κ3) is 4.05. The van der Waals surface area contributed by atoms with E-state index in [2.05, 4.69) is 42.3 Å². The van der Waals surface area contributed by atoms with Gasteiger partial charge in [0.2, 0.25) is 0 Å². The van der Waals surface area contributed by atoms with Crippen molar-refractivity contribution in [3.8, 4) is 12.3 Å². The molecule has 23 heavy (non-hydrogen) atoms. The Labute approximate surface area is 139 Å². The van der Waals surface area contributed by atoms with E-state index in [0.717, 1.165) is 31.6 Å². The molecule has 0 bridgehead atoms. The number of allylic oxidation sites excluding steroid dienone is 1. The minimum absolute atomic E-state index is 0.220. The van der Waals surface area contributed by atoms with Crippen LogP contribution in [0.2, 0.25) is 0 Å². The first kappa shape index (κ1) is 16.3. The van der Waals surface area contributed by atoms with Crippen LogP contribution in [0, 0.1) is 24.2 Å². The molecule has 0 radical (unpaired) electrons. The summed E-state index contributed by atoms with van der Waals surface area (Å²) in [7, 11) is 0. The maximum absolute atomic E-state index is 5.85. The van der Waals surface area contributed by atoms with Gasteiger partial charge in [0.05, 0.1) is 13.2 Å². The van der Waals surface area contributed by atoms with Crippen LogP contribution < -0.4 is 0 Å². The number of ether oxygens (including phenoxy) is 2. The van der Waals surface area contributed by atoms with Gasteiger partial charge < -0.3 is 9.47 Å². The second-order valence-electron chi connectivity index (χ2n) is 6.67. The predicted octanol–water partition coefficient (Wildman–Crippen LogP) is 4.83. The minimum atomic E-state index is -0.220. The summed E-state index contributed by atoms with van der Waals surface area (Å²) >= 11 is 0. The predicted molar refractivity (Wildman–Crippen MR) is 92.9 cm³/mol. The van der Waals surface area contributed by atoms with Crippen LogP contribution in [0.1, 0.15) is 55.9 Å². The molecule has 0 aromatic heterocycles. The molecule has 1 aromatic rings. The summed E-state index contributed by atoms with van der Waals surface area (Å²) in [5, 5.41) is 0. The normalized spacial score (nSPS) is 31.8. The first-order valence-corrected chi connectivity index (χ1v) is 8.72. The number of hydrogen-bond donors (Lipinski definition) is 0. The fraction of sp³-hybridized carbons (Fsp3) is 0.524. The van der Waals surface area contributed by atoms with Crippen molar-refractivity contribution in [3.63, 3.8) is 0 Å². The summed E-state index contributed by atoms with van der Waals surface area (Å²) in [6, 6.07) is 8.79. The summed E-state index contributed by atoms with van der Waals surface area (Å²) in [6.45, 7) is 3.49. The molecule has 1 saturated heterocycles. The van der Waals surface area contributed by atoms with Gasteiger partial charge in [-0.05, 0) is 44.1 Å². The molecular formula is C21H26O2. The smallest absolute Gasteiger partial charge is 0.183 e. The largest absolute Gasteiger partial charge is 0.348 e. The lowest BCUT2D eigenvalue weighted by Crippen LogP contribution is -2.25. The zero-order valence-electron chi connectivity index (χ0n) is 13.9. The van der Waals surface area contributed by atoms with Crippen molar-refractivity contribution >= 4 is 0 Å². The van der Waals surface area contributed by atoms with Crippen molar-refractivity contribution < 1.29 is 9.47 Å². The minimum Gasteiger partial charge on any atom is -0.348 e. The van der Waals surface area contributed by atoms with Crippen molar-refractivity contribution in [2.75, 3.05) is 13.2 Å². The zero-order valence-corrected chi connectivity index (χ0v) is 13.9. The molecule has 122 valence electrons. The maximum Gasteiger partial charge on any atom is 0.183 e. The highest BCUT2D eigenvalue weighted by atomic mass is 16.7. The first-order chi connectivity index (χ1) is 11.3. The monoisotopic (exact) mass is 310 g/mol. The second-order valence-corrected chi connectivity index (χ2v) is 6.67. The number of benzene rings is 1. The van der Waals surface area contributed by atoms with Crippen LogP contribution in [0.3, 0.4) is 0 Å². The lowest BCUT2D eigenvalue weighted by molar-refractivity contribution is -0.197. The quantitative estimate of drug-likeness (QED) is 0.588. The van der Waals surface area contributed by atoms with Gasteiger partial charge in [0.15, 0.2) is 6.29 Å². The Morgan fingerprint density at radius 1 is 1.00 bits per heavy atom. The van der Waals surface area contributed by atoms with Crippen LogP contribution in [0.4, 0.5) is 0 Å². The van der Waals surface area contributed by atoms with Crippen molar-refractivity contribution in [3.05, 3.63) is 47.5 Å². The average Bonchev–Trinajstić information content (AvgIpc) is 2.63. The lowest BCUT2D eigenvalue weighted by Gasteiger charge is -2.29. The molecule has 0 N–H and O–H groups in total. The Bertz CT molecular complexity index is 550. The third-order valence-corrected chi connectivity index (χ3v) is 5.03. The van der Waals surface area contributed by atoms with Crippen molar-refractivity contribution in [1.82, 2.24) is 0 Å². The van der Waals surface area contributed by atoms with Crippen LogP contribution in [-0.4, -0.2) is 13.2 Å². The van der Waals surface area contributed by atoms with E-state index >= 15 is 0 Å². The molecule has 0 unspecified atom stereocenters. The maximum atomic E-state index is 5.85. The molecule has 0 atom stereocenters. The summed E-state index contributed by atoms with van der Waals surface area (Å²) < 4.78 is 11.7. The van der Waals surface area contributed by atoms with E-state index in [-0.39, 0.29) is 6.29 Å². The Balaban J connectivity index is 1.57. The van der Waals surface area contributed by atoms with E-state index in [1.54, 1.807) is 0 Å². The average molecular weight is 310 g/mol. The van der Waals surface area contributed by atoms with Crippen molar-refractivity contribution in [2.45, 2.75) is 44.8 Å². The highest BCUT2D eigenvalue weighted by molar-refractivity contribution is 5.27. The molecule has 0 spiro atoms. The van der Waals surface area contributed by atoms with Gasteiger partial charge in [0.25, 0.3) is 0 Å². The van der Waals surface area contributed by atoms with Crippen LogP contribution in [-0.2, 0) is 9.47 Å². The molecule has 1 aliphatic carbocycles. The van der Waals surface area contributed by atoms with Gasteiger partial charge >= 0.3 is 0 Å². The van der Waals surface area contributed by atoms with Crippen LogP contribution in [0.5, 0.6) is 0 Å². The number of rotatable bonds is 3. The molecule has 2 fully saturated rings. The lowest BCUT2D eigenvalue weighted by atomic mass is 9.79. The Kier molecular flexibility index (Phi) is 5.54. The summed E-state index contributed by atoms with van der Waals surface area (Å²) in [5.74, 6) is 4.42. The zero-order chi connectivity index (χ0) is 16.1. The molecular weight excluding hydrogens is 284 g/mol. The van der Waals surface area contributed by atoms with Gasteiger partial charge in [-0.2, -0.15) is 0 Å². The molecule has 1 aromatic carbocycles. The standard InChI is InChI=1S/C21H26O2/c1-3-5-17-14-22-21(23-15-17)20-12-10-19(11-13-20)18-8-6-16(4-2)7-9-18/h2-3,5,10-13,16-18,21H,6-9,14-15H2,1H3. The fourth-order valence-corrected chi connectivity index (χ4v) is 3.61. The fourth-order valence-electron chi connectivity index (χ4n) is 3.61. The molecule has 2 aliphatic rings. The van der Waals surface area contributed by atoms with E-state index in [1.807, 2.05) is 6.92 Å². The van der Waals surface area contributed by atoms with Gasteiger partial charge in [-0.1, -0.05) is 36.4 Å². The molecule has 1 saturated carbocycles. The molecule has 3 rings (SSSR count). The highest BCUT2D eigenvalue weighted by Gasteiger charge is 2.24. The molecule has 1 heterocycles. The van der Waals surface area contributed by atoms with Gasteiger partial charge in [0, 0.05) is 17.4 Å². The summed E-state index contributed by atoms with van der Waals surface area (Å²) in [6.07, 6.45) is 14.2. The van der Waals surface area contributed by atoms with E-state index in [9.17, 15) is 0 Å². The summed E-state index contributed by atoms with van der Waals surface area (Å²) in [4.78, 5) is 0. The van der Waals surface area contributed by atoms with Crippen LogP contribution in [0.15, 0.2) is 36.4 Å². The topological polar surface area (TPSA) is 18.5 Å².